The first-order valence-electron chi connectivity index (χ1n) is 8.12. The van der Waals surface area contributed by atoms with E-state index in [0.29, 0.717) is 22.5 Å². The molecule has 1 saturated heterocycles. The number of benzene rings is 1. The van der Waals surface area contributed by atoms with Crippen LogP contribution < -0.4 is 9.47 Å². The number of aromatic nitrogens is 1. The van der Waals surface area contributed by atoms with Crippen molar-refractivity contribution in [1.82, 2.24) is 5.16 Å². The van der Waals surface area contributed by atoms with Gasteiger partial charge in [-0.05, 0) is 38.0 Å². The van der Waals surface area contributed by atoms with E-state index in [0.717, 1.165) is 28.5 Å². The number of rotatable bonds is 6. The predicted octanol–water partition coefficient (Wildman–Crippen LogP) is 4.32. The zero-order valence-electron chi connectivity index (χ0n) is 14.5. The van der Waals surface area contributed by atoms with Crippen LogP contribution in [0.3, 0.4) is 0 Å². The highest BCUT2D eigenvalue weighted by atomic mass is 32.2. The van der Waals surface area contributed by atoms with Gasteiger partial charge >= 0.3 is 5.97 Å². The van der Waals surface area contributed by atoms with Crippen LogP contribution in [0.25, 0.3) is 0 Å². The molecule has 0 bridgehead atoms. The van der Waals surface area contributed by atoms with Gasteiger partial charge in [-0.25, -0.2) is 0 Å². The molecular formula is C18H21NO4S2. The second-order valence-corrected chi connectivity index (χ2v) is 8.48. The fourth-order valence-electron chi connectivity index (χ4n) is 2.73. The smallest absolute Gasteiger partial charge is 0.311 e. The number of esters is 1. The Balaban J connectivity index is 1.64. The Morgan fingerprint density at radius 3 is 2.68 bits per heavy atom. The minimum Gasteiger partial charge on any atom is -0.493 e. The van der Waals surface area contributed by atoms with Crippen molar-refractivity contribution in [3.05, 3.63) is 40.8 Å². The number of carbonyl (C=O) groups excluding carboxylic acids is 1. The summed E-state index contributed by atoms with van der Waals surface area (Å²) in [5, 5.41) is 3.90. The maximum absolute atomic E-state index is 12.2. The van der Waals surface area contributed by atoms with E-state index in [-0.39, 0.29) is 12.4 Å². The third-order valence-corrected chi connectivity index (χ3v) is 7.17. The van der Waals surface area contributed by atoms with E-state index in [1.54, 1.807) is 7.11 Å². The molecule has 5 nitrogen and oxygen atoms in total. The summed E-state index contributed by atoms with van der Waals surface area (Å²) in [7, 11) is 1.59. The molecule has 2 heterocycles. The zero-order chi connectivity index (χ0) is 17.8. The normalized spacial score (nSPS) is 14.7. The van der Waals surface area contributed by atoms with Crippen molar-refractivity contribution < 1.29 is 18.8 Å². The van der Waals surface area contributed by atoms with Crippen LogP contribution in [0, 0.1) is 13.8 Å². The van der Waals surface area contributed by atoms with Gasteiger partial charge in [-0.3, -0.25) is 4.79 Å². The maximum atomic E-state index is 12.2. The number of nitrogens with zero attached hydrogens (tertiary/aromatic N) is 1. The number of methoxy groups -OCH3 is 1. The summed E-state index contributed by atoms with van der Waals surface area (Å²) in [5.41, 5.74) is 2.98. The van der Waals surface area contributed by atoms with Crippen molar-refractivity contribution in [3.8, 4) is 11.5 Å². The molecule has 0 saturated carbocycles. The lowest BCUT2D eigenvalue weighted by Gasteiger charge is -2.13. The SMILES string of the molecule is COc1cc(C2SCCS2)ccc1OC(=O)CCc1c(C)noc1C. The fourth-order valence-corrected chi connectivity index (χ4v) is 5.56. The molecule has 2 aromatic rings. The van der Waals surface area contributed by atoms with Crippen LogP contribution in [0.1, 0.15) is 33.6 Å². The van der Waals surface area contributed by atoms with Gasteiger partial charge in [0.2, 0.25) is 0 Å². The van der Waals surface area contributed by atoms with Gasteiger partial charge in [0.1, 0.15) is 5.76 Å². The minimum atomic E-state index is -0.296. The Morgan fingerprint density at radius 1 is 1.28 bits per heavy atom. The first kappa shape index (κ1) is 18.2. The van der Waals surface area contributed by atoms with Crippen molar-refractivity contribution >= 4 is 29.5 Å². The number of hydrogen-bond donors (Lipinski definition) is 0. The molecule has 25 heavy (non-hydrogen) atoms. The highest BCUT2D eigenvalue weighted by Gasteiger charge is 2.21. The Hall–Kier alpha value is -1.60. The molecule has 134 valence electrons. The Kier molecular flexibility index (Phi) is 5.96. The van der Waals surface area contributed by atoms with E-state index in [1.807, 2.05) is 55.6 Å². The van der Waals surface area contributed by atoms with Crippen molar-refractivity contribution in [1.29, 1.82) is 0 Å². The first-order valence-corrected chi connectivity index (χ1v) is 10.2. The van der Waals surface area contributed by atoms with Crippen molar-refractivity contribution in [2.75, 3.05) is 18.6 Å². The lowest BCUT2D eigenvalue weighted by Crippen LogP contribution is -2.10. The topological polar surface area (TPSA) is 61.6 Å². The monoisotopic (exact) mass is 379 g/mol. The quantitative estimate of drug-likeness (QED) is 0.547. The summed E-state index contributed by atoms with van der Waals surface area (Å²) >= 11 is 3.86. The molecule has 1 fully saturated rings. The molecule has 0 amide bonds. The van der Waals surface area contributed by atoms with Gasteiger partial charge < -0.3 is 14.0 Å². The van der Waals surface area contributed by atoms with E-state index in [9.17, 15) is 4.79 Å². The van der Waals surface area contributed by atoms with Gasteiger partial charge in [-0.1, -0.05) is 11.2 Å². The largest absolute Gasteiger partial charge is 0.493 e. The van der Waals surface area contributed by atoms with Crippen LogP contribution in [0.4, 0.5) is 0 Å². The molecule has 0 atom stereocenters. The van der Waals surface area contributed by atoms with E-state index >= 15 is 0 Å². The number of thioether (sulfide) groups is 2. The molecule has 0 spiro atoms. The molecule has 0 N–H and O–H groups in total. The van der Waals surface area contributed by atoms with Crippen LogP contribution in [-0.4, -0.2) is 29.7 Å². The van der Waals surface area contributed by atoms with Gasteiger partial charge in [-0.15, -0.1) is 23.5 Å². The van der Waals surface area contributed by atoms with E-state index in [4.69, 9.17) is 14.0 Å². The predicted molar refractivity (Wildman–Crippen MR) is 101 cm³/mol. The molecule has 0 aliphatic carbocycles. The standard InChI is InChI=1S/C18H21NO4S2/c1-11-14(12(2)23-19-11)5-7-17(20)22-15-6-4-13(10-16(15)21-3)18-24-8-9-25-18/h4,6,10,18H,5,7-9H2,1-3H3. The second kappa shape index (κ2) is 8.19. The summed E-state index contributed by atoms with van der Waals surface area (Å²) < 4.78 is 16.5. The Morgan fingerprint density at radius 2 is 2.04 bits per heavy atom. The van der Waals surface area contributed by atoms with Gasteiger partial charge in [0.15, 0.2) is 11.5 Å². The molecule has 3 rings (SSSR count). The van der Waals surface area contributed by atoms with Gasteiger partial charge in [-0.2, -0.15) is 0 Å². The summed E-state index contributed by atoms with van der Waals surface area (Å²) in [4.78, 5) is 12.2. The van der Waals surface area contributed by atoms with Crippen molar-refractivity contribution in [3.63, 3.8) is 0 Å². The highest BCUT2D eigenvalue weighted by molar-refractivity contribution is 8.19. The molecular weight excluding hydrogens is 358 g/mol. The van der Waals surface area contributed by atoms with Gasteiger partial charge in [0, 0.05) is 17.1 Å². The highest BCUT2D eigenvalue weighted by Crippen LogP contribution is 2.46. The zero-order valence-corrected chi connectivity index (χ0v) is 16.2. The van der Waals surface area contributed by atoms with E-state index in [2.05, 4.69) is 5.16 Å². The third kappa shape index (κ3) is 4.33. The summed E-state index contributed by atoms with van der Waals surface area (Å²) in [6.07, 6.45) is 0.817. The first-order chi connectivity index (χ1) is 12.1. The van der Waals surface area contributed by atoms with Gasteiger partial charge in [0.25, 0.3) is 0 Å². The molecule has 7 heteroatoms. The fraction of sp³-hybridized carbons (Fsp3) is 0.444. The number of carbonyl (C=O) groups is 1. The van der Waals surface area contributed by atoms with Crippen molar-refractivity contribution in [2.45, 2.75) is 31.3 Å². The molecule has 0 radical (unpaired) electrons. The van der Waals surface area contributed by atoms with Crippen LogP contribution in [0.15, 0.2) is 22.7 Å². The average molecular weight is 380 g/mol. The van der Waals surface area contributed by atoms with Crippen LogP contribution in [0.2, 0.25) is 0 Å². The van der Waals surface area contributed by atoms with Gasteiger partial charge in [0.05, 0.1) is 23.8 Å². The minimum absolute atomic E-state index is 0.266. The molecule has 1 aromatic carbocycles. The third-order valence-electron chi connectivity index (χ3n) is 4.07. The van der Waals surface area contributed by atoms with E-state index in [1.165, 1.54) is 5.56 Å². The lowest BCUT2D eigenvalue weighted by molar-refractivity contribution is -0.134. The van der Waals surface area contributed by atoms with Crippen LogP contribution in [0.5, 0.6) is 11.5 Å². The van der Waals surface area contributed by atoms with Crippen LogP contribution in [-0.2, 0) is 11.2 Å². The number of aryl methyl sites for hydroxylation is 2. The Bertz CT molecular complexity index is 734. The maximum Gasteiger partial charge on any atom is 0.311 e. The summed E-state index contributed by atoms with van der Waals surface area (Å²) in [6.45, 7) is 3.72. The number of ether oxygens (including phenoxy) is 2. The summed E-state index contributed by atoms with van der Waals surface area (Å²) in [6, 6.07) is 5.80. The van der Waals surface area contributed by atoms with Crippen molar-refractivity contribution in [2.24, 2.45) is 0 Å². The molecule has 1 aliphatic heterocycles. The van der Waals surface area contributed by atoms with E-state index < -0.39 is 0 Å². The molecule has 1 aromatic heterocycles. The average Bonchev–Trinajstić information content (AvgIpc) is 3.24. The molecule has 0 unspecified atom stereocenters. The Labute approximate surface area is 155 Å². The second-order valence-electron chi connectivity index (χ2n) is 5.76. The molecule has 1 aliphatic rings. The number of hydrogen-bond acceptors (Lipinski definition) is 7. The van der Waals surface area contributed by atoms with Crippen LogP contribution >= 0.6 is 23.5 Å². The summed E-state index contributed by atoms with van der Waals surface area (Å²) in [5.74, 6) is 3.83. The lowest BCUT2D eigenvalue weighted by atomic mass is 10.1.